The third kappa shape index (κ3) is 5.73. The number of amides is 2. The molecule has 138 valence electrons. The van der Waals surface area contributed by atoms with E-state index in [-0.39, 0.29) is 30.6 Å². The molecule has 26 heavy (non-hydrogen) atoms. The van der Waals surface area contributed by atoms with Gasteiger partial charge in [0.2, 0.25) is 5.91 Å². The van der Waals surface area contributed by atoms with Crippen molar-refractivity contribution in [2.75, 3.05) is 11.9 Å². The highest BCUT2D eigenvalue weighted by molar-refractivity contribution is 9.10. The molecule has 8 heteroatoms. The van der Waals surface area contributed by atoms with Gasteiger partial charge in [0, 0.05) is 5.69 Å². The van der Waals surface area contributed by atoms with Crippen LogP contribution in [0.4, 0.5) is 5.69 Å². The van der Waals surface area contributed by atoms with Crippen LogP contribution in [-0.2, 0) is 20.7 Å². The standard InChI is InChI=1S/C18H19BrN2O5/c1-3-25-18(24)11(2)20-16(22)10-12-4-6-13(7-5-12)21-17(23)14-8-9-15(19)26-14/h4-9,11H,3,10H2,1-2H3,(H,20,22)(H,21,23). The first kappa shape index (κ1) is 19.7. The molecule has 2 N–H and O–H groups in total. The zero-order valence-electron chi connectivity index (χ0n) is 14.4. The van der Waals surface area contributed by atoms with Crippen LogP contribution in [0.1, 0.15) is 30.0 Å². The van der Waals surface area contributed by atoms with E-state index in [1.807, 2.05) is 0 Å². The van der Waals surface area contributed by atoms with Crippen LogP contribution >= 0.6 is 15.9 Å². The lowest BCUT2D eigenvalue weighted by Crippen LogP contribution is -2.40. The highest BCUT2D eigenvalue weighted by Crippen LogP contribution is 2.16. The summed E-state index contributed by atoms with van der Waals surface area (Å²) in [4.78, 5) is 35.5. The Hall–Kier alpha value is -2.61. The number of rotatable bonds is 7. The van der Waals surface area contributed by atoms with Gasteiger partial charge in [-0.3, -0.25) is 9.59 Å². The first-order valence-corrected chi connectivity index (χ1v) is 8.80. The van der Waals surface area contributed by atoms with E-state index in [1.165, 1.54) is 0 Å². The van der Waals surface area contributed by atoms with E-state index in [4.69, 9.17) is 9.15 Å². The summed E-state index contributed by atoms with van der Waals surface area (Å²) in [5.41, 5.74) is 1.32. The third-order valence-corrected chi connectivity index (χ3v) is 3.82. The molecule has 1 atom stereocenters. The number of hydrogen-bond donors (Lipinski definition) is 2. The predicted octanol–water partition coefficient (Wildman–Crippen LogP) is 2.90. The molecule has 0 spiro atoms. The van der Waals surface area contributed by atoms with Gasteiger partial charge in [-0.05, 0) is 59.6 Å². The largest absolute Gasteiger partial charge is 0.464 e. The molecule has 1 aromatic heterocycles. The molecule has 0 aliphatic rings. The summed E-state index contributed by atoms with van der Waals surface area (Å²) < 4.78 is 10.5. The van der Waals surface area contributed by atoms with E-state index in [2.05, 4.69) is 26.6 Å². The number of carbonyl (C=O) groups excluding carboxylic acids is 3. The molecule has 0 bridgehead atoms. The van der Waals surface area contributed by atoms with Crippen LogP contribution in [-0.4, -0.2) is 30.4 Å². The number of benzene rings is 1. The monoisotopic (exact) mass is 422 g/mol. The summed E-state index contributed by atoms with van der Waals surface area (Å²) in [7, 11) is 0. The maximum Gasteiger partial charge on any atom is 0.328 e. The van der Waals surface area contributed by atoms with Crippen LogP contribution in [0.2, 0.25) is 0 Å². The summed E-state index contributed by atoms with van der Waals surface area (Å²) in [5.74, 6) is -0.941. The van der Waals surface area contributed by atoms with E-state index in [0.717, 1.165) is 5.56 Å². The molecule has 0 saturated carbocycles. The normalized spacial score (nSPS) is 11.5. The summed E-state index contributed by atoms with van der Waals surface area (Å²) in [6.45, 7) is 3.54. The van der Waals surface area contributed by atoms with Crippen molar-refractivity contribution < 1.29 is 23.5 Å². The zero-order chi connectivity index (χ0) is 19.1. The lowest BCUT2D eigenvalue weighted by molar-refractivity contribution is -0.146. The minimum absolute atomic E-state index is 0.114. The van der Waals surface area contributed by atoms with Crippen LogP contribution in [0.5, 0.6) is 0 Å². The van der Waals surface area contributed by atoms with Crippen LogP contribution < -0.4 is 10.6 Å². The molecular weight excluding hydrogens is 404 g/mol. The van der Waals surface area contributed by atoms with Crippen molar-refractivity contribution in [3.05, 3.63) is 52.4 Å². The highest BCUT2D eigenvalue weighted by atomic mass is 79.9. The lowest BCUT2D eigenvalue weighted by atomic mass is 10.1. The molecule has 1 aromatic carbocycles. The number of nitrogens with one attached hydrogen (secondary N) is 2. The predicted molar refractivity (Wildman–Crippen MR) is 98.7 cm³/mol. The van der Waals surface area contributed by atoms with Gasteiger partial charge in [0.05, 0.1) is 13.0 Å². The number of ether oxygens (including phenoxy) is 1. The Morgan fingerprint density at radius 3 is 2.42 bits per heavy atom. The van der Waals surface area contributed by atoms with Gasteiger partial charge >= 0.3 is 5.97 Å². The van der Waals surface area contributed by atoms with Crippen molar-refractivity contribution in [3.8, 4) is 0 Å². The van der Waals surface area contributed by atoms with Crippen molar-refractivity contribution in [1.82, 2.24) is 5.32 Å². The molecule has 2 rings (SSSR count). The van der Waals surface area contributed by atoms with Crippen molar-refractivity contribution in [2.45, 2.75) is 26.3 Å². The molecule has 0 saturated heterocycles. The third-order valence-electron chi connectivity index (χ3n) is 3.39. The number of anilines is 1. The fraction of sp³-hybridized carbons (Fsp3) is 0.278. The number of halogens is 1. The topological polar surface area (TPSA) is 97.6 Å². The second kappa shape index (κ2) is 9.19. The molecule has 1 heterocycles. The van der Waals surface area contributed by atoms with Crippen LogP contribution in [0.15, 0.2) is 45.5 Å². The maximum absolute atomic E-state index is 12.0. The highest BCUT2D eigenvalue weighted by Gasteiger charge is 2.16. The molecule has 1 unspecified atom stereocenters. The molecule has 0 fully saturated rings. The first-order valence-electron chi connectivity index (χ1n) is 8.00. The number of carbonyl (C=O) groups is 3. The van der Waals surface area contributed by atoms with Gasteiger partial charge in [0.15, 0.2) is 10.4 Å². The van der Waals surface area contributed by atoms with Gasteiger partial charge in [0.1, 0.15) is 6.04 Å². The Morgan fingerprint density at radius 2 is 1.85 bits per heavy atom. The van der Waals surface area contributed by atoms with Crippen LogP contribution in [0.25, 0.3) is 0 Å². The number of hydrogen-bond acceptors (Lipinski definition) is 5. The van der Waals surface area contributed by atoms with E-state index in [0.29, 0.717) is 10.4 Å². The van der Waals surface area contributed by atoms with E-state index < -0.39 is 12.0 Å². The minimum atomic E-state index is -0.700. The molecule has 2 aromatic rings. The van der Waals surface area contributed by atoms with Crippen molar-refractivity contribution in [2.24, 2.45) is 0 Å². The summed E-state index contributed by atoms with van der Waals surface area (Å²) in [6, 6.07) is 9.32. The van der Waals surface area contributed by atoms with Crippen molar-refractivity contribution in [3.63, 3.8) is 0 Å². The van der Waals surface area contributed by atoms with E-state index >= 15 is 0 Å². The minimum Gasteiger partial charge on any atom is -0.464 e. The Balaban J connectivity index is 1.87. The van der Waals surface area contributed by atoms with Crippen molar-refractivity contribution >= 4 is 39.4 Å². The lowest BCUT2D eigenvalue weighted by Gasteiger charge is -2.12. The SMILES string of the molecule is CCOC(=O)C(C)NC(=O)Cc1ccc(NC(=O)c2ccc(Br)o2)cc1. The van der Waals surface area contributed by atoms with Gasteiger partial charge in [-0.25, -0.2) is 4.79 Å². The Labute approximate surface area is 159 Å². The molecule has 7 nitrogen and oxygen atoms in total. The van der Waals surface area contributed by atoms with Crippen LogP contribution in [0, 0.1) is 0 Å². The Morgan fingerprint density at radius 1 is 1.15 bits per heavy atom. The maximum atomic E-state index is 12.0. The Bertz CT molecular complexity index is 785. The summed E-state index contributed by atoms with van der Waals surface area (Å²) in [6.07, 6.45) is 0.114. The van der Waals surface area contributed by atoms with Gasteiger partial charge in [-0.2, -0.15) is 0 Å². The molecule has 0 aliphatic heterocycles. The average Bonchev–Trinajstić information content (AvgIpc) is 3.03. The second-order valence-electron chi connectivity index (χ2n) is 5.47. The zero-order valence-corrected chi connectivity index (χ0v) is 16.0. The summed E-state index contributed by atoms with van der Waals surface area (Å²) in [5, 5.41) is 5.28. The first-order chi connectivity index (χ1) is 12.4. The van der Waals surface area contributed by atoms with E-state index in [9.17, 15) is 14.4 Å². The molecule has 0 aliphatic carbocycles. The van der Waals surface area contributed by atoms with Gasteiger partial charge in [-0.15, -0.1) is 0 Å². The number of furan rings is 1. The Kier molecular flexibility index (Phi) is 6.97. The summed E-state index contributed by atoms with van der Waals surface area (Å²) >= 11 is 3.14. The van der Waals surface area contributed by atoms with Gasteiger partial charge in [0.25, 0.3) is 5.91 Å². The molecule has 2 amide bonds. The molecular formula is C18H19BrN2O5. The smallest absolute Gasteiger partial charge is 0.328 e. The van der Waals surface area contributed by atoms with Gasteiger partial charge < -0.3 is 19.8 Å². The van der Waals surface area contributed by atoms with Crippen LogP contribution in [0.3, 0.4) is 0 Å². The van der Waals surface area contributed by atoms with Gasteiger partial charge in [-0.1, -0.05) is 12.1 Å². The fourth-order valence-electron chi connectivity index (χ4n) is 2.14. The number of esters is 1. The average molecular weight is 423 g/mol. The second-order valence-corrected chi connectivity index (χ2v) is 6.25. The van der Waals surface area contributed by atoms with Crippen molar-refractivity contribution in [1.29, 1.82) is 0 Å². The van der Waals surface area contributed by atoms with E-state index in [1.54, 1.807) is 50.2 Å². The molecule has 0 radical (unpaired) electrons. The quantitative estimate of drug-likeness (QED) is 0.668. The fourth-order valence-corrected chi connectivity index (χ4v) is 2.45.